The number of nitrogens with one attached hydrogen (secondary N) is 1. The molecule has 0 saturated carbocycles. The number of hydrogen-bond acceptors (Lipinski definition) is 3. The maximum Gasteiger partial charge on any atom is 0.0946 e. The zero-order chi connectivity index (χ0) is 12.3. The van der Waals surface area contributed by atoms with Crippen molar-refractivity contribution >= 4 is 0 Å². The van der Waals surface area contributed by atoms with Gasteiger partial charge in [0.15, 0.2) is 0 Å². The molecule has 0 radical (unpaired) electrons. The van der Waals surface area contributed by atoms with E-state index >= 15 is 0 Å². The fourth-order valence-corrected chi connectivity index (χ4v) is 2.01. The monoisotopic (exact) mass is 233 g/mol. The second kappa shape index (κ2) is 5.14. The Kier molecular flexibility index (Phi) is 3.58. The van der Waals surface area contributed by atoms with Crippen molar-refractivity contribution in [2.24, 2.45) is 0 Å². The molecule has 0 amide bonds. The van der Waals surface area contributed by atoms with Gasteiger partial charge in [0.1, 0.15) is 0 Å². The summed E-state index contributed by atoms with van der Waals surface area (Å²) in [6.45, 7) is 6.85. The van der Waals surface area contributed by atoms with E-state index in [-0.39, 0.29) is 0 Å². The number of rotatable bonds is 5. The van der Waals surface area contributed by atoms with Crippen LogP contribution in [0.2, 0.25) is 0 Å². The highest BCUT2D eigenvalue weighted by atomic mass is 15.3. The van der Waals surface area contributed by atoms with Crippen LogP contribution in [0, 0.1) is 13.8 Å². The lowest BCUT2D eigenvalue weighted by Gasteiger charge is -2.06. The first kappa shape index (κ1) is 11.9. The van der Waals surface area contributed by atoms with Crippen molar-refractivity contribution in [2.45, 2.75) is 33.5 Å². The highest BCUT2D eigenvalue weighted by Crippen LogP contribution is 2.12. The number of hydrogen-bond donors (Lipinski definition) is 1. The summed E-state index contributed by atoms with van der Waals surface area (Å²) in [7, 11) is 1.96. The van der Waals surface area contributed by atoms with Gasteiger partial charge in [-0.25, -0.2) is 4.98 Å². The van der Waals surface area contributed by atoms with E-state index in [0.717, 1.165) is 25.3 Å². The molecule has 0 atom stereocenters. The van der Waals surface area contributed by atoms with Crippen molar-refractivity contribution in [3.8, 4) is 0 Å². The summed E-state index contributed by atoms with van der Waals surface area (Å²) in [5.74, 6) is 0. The Balaban J connectivity index is 2.08. The van der Waals surface area contributed by atoms with E-state index < -0.39 is 0 Å². The summed E-state index contributed by atoms with van der Waals surface area (Å²) in [5, 5.41) is 7.75. The van der Waals surface area contributed by atoms with E-state index in [4.69, 9.17) is 0 Å². The Morgan fingerprint density at radius 2 is 2.12 bits per heavy atom. The fourth-order valence-electron chi connectivity index (χ4n) is 2.01. The summed E-state index contributed by atoms with van der Waals surface area (Å²) in [5.41, 5.74) is 3.66. The molecule has 0 aliphatic heterocycles. The highest BCUT2D eigenvalue weighted by molar-refractivity contribution is 5.24. The van der Waals surface area contributed by atoms with Crippen LogP contribution in [-0.4, -0.2) is 26.4 Å². The van der Waals surface area contributed by atoms with Crippen molar-refractivity contribution in [1.82, 2.24) is 24.6 Å². The molecule has 0 bridgehead atoms. The van der Waals surface area contributed by atoms with Gasteiger partial charge in [-0.2, -0.15) is 5.10 Å². The van der Waals surface area contributed by atoms with Crippen molar-refractivity contribution < 1.29 is 0 Å². The highest BCUT2D eigenvalue weighted by Gasteiger charge is 2.10. The predicted molar refractivity (Wildman–Crippen MR) is 66.7 cm³/mol. The lowest BCUT2D eigenvalue weighted by Crippen LogP contribution is -2.10. The van der Waals surface area contributed by atoms with Crippen LogP contribution in [-0.2, 0) is 19.6 Å². The van der Waals surface area contributed by atoms with Gasteiger partial charge in [0.2, 0.25) is 0 Å². The summed E-state index contributed by atoms with van der Waals surface area (Å²) in [6.07, 6.45) is 5.61. The second-order valence-electron chi connectivity index (χ2n) is 4.20. The Morgan fingerprint density at radius 1 is 1.29 bits per heavy atom. The number of nitrogens with zero attached hydrogens (tertiary/aromatic N) is 4. The molecular formula is C12H19N5. The van der Waals surface area contributed by atoms with Gasteiger partial charge in [-0.1, -0.05) is 0 Å². The zero-order valence-corrected chi connectivity index (χ0v) is 10.6. The quantitative estimate of drug-likeness (QED) is 0.841. The first-order valence-electron chi connectivity index (χ1n) is 5.85. The minimum Gasteiger partial charge on any atom is -0.336 e. The van der Waals surface area contributed by atoms with E-state index in [2.05, 4.69) is 38.5 Å². The average Bonchev–Trinajstić information content (AvgIpc) is 2.90. The molecule has 2 heterocycles. The number of imidazole rings is 1. The van der Waals surface area contributed by atoms with Crippen LogP contribution in [0.1, 0.15) is 17.0 Å². The predicted octanol–water partition coefficient (Wildman–Crippen LogP) is 1.12. The van der Waals surface area contributed by atoms with Crippen molar-refractivity contribution in [3.05, 3.63) is 35.7 Å². The minimum absolute atomic E-state index is 0.878. The van der Waals surface area contributed by atoms with E-state index in [1.165, 1.54) is 11.3 Å². The molecule has 0 spiro atoms. The molecule has 0 fully saturated rings. The van der Waals surface area contributed by atoms with Gasteiger partial charge in [0.25, 0.3) is 0 Å². The molecule has 0 unspecified atom stereocenters. The second-order valence-corrected chi connectivity index (χ2v) is 4.20. The van der Waals surface area contributed by atoms with E-state index in [0.29, 0.717) is 0 Å². The zero-order valence-electron chi connectivity index (χ0n) is 10.6. The summed E-state index contributed by atoms with van der Waals surface area (Å²) in [4.78, 5) is 4.03. The maximum atomic E-state index is 4.57. The summed E-state index contributed by atoms with van der Waals surface area (Å²) >= 11 is 0. The van der Waals surface area contributed by atoms with Gasteiger partial charge in [-0.15, -0.1) is 0 Å². The van der Waals surface area contributed by atoms with Crippen LogP contribution in [0.25, 0.3) is 0 Å². The standard InChI is InChI=1S/C12H19N5/c1-10-12(8-13-3)11(2)17(15-10)7-6-16-5-4-14-9-16/h4-5,9,13H,6-8H2,1-3H3. The van der Waals surface area contributed by atoms with Gasteiger partial charge in [-0.3, -0.25) is 4.68 Å². The van der Waals surface area contributed by atoms with Crippen LogP contribution in [0.4, 0.5) is 0 Å². The van der Waals surface area contributed by atoms with E-state index in [1.54, 1.807) is 6.20 Å². The minimum atomic E-state index is 0.878. The van der Waals surface area contributed by atoms with Gasteiger partial charge < -0.3 is 9.88 Å². The van der Waals surface area contributed by atoms with E-state index in [9.17, 15) is 0 Å². The maximum absolute atomic E-state index is 4.57. The topological polar surface area (TPSA) is 47.7 Å². The number of aryl methyl sites for hydroxylation is 3. The molecule has 92 valence electrons. The Labute approximate surface area is 101 Å². The third-order valence-corrected chi connectivity index (χ3v) is 3.01. The molecular weight excluding hydrogens is 214 g/mol. The molecule has 0 aromatic carbocycles. The molecule has 0 aliphatic carbocycles. The molecule has 2 aromatic heterocycles. The van der Waals surface area contributed by atoms with E-state index in [1.807, 2.05) is 19.6 Å². The third kappa shape index (κ3) is 2.55. The molecule has 0 saturated heterocycles. The van der Waals surface area contributed by atoms with Crippen molar-refractivity contribution in [2.75, 3.05) is 7.05 Å². The lowest BCUT2D eigenvalue weighted by molar-refractivity contribution is 0.520. The summed E-state index contributed by atoms with van der Waals surface area (Å²) < 4.78 is 4.14. The average molecular weight is 233 g/mol. The summed E-state index contributed by atoms with van der Waals surface area (Å²) in [6, 6.07) is 0. The Bertz CT molecular complexity index is 469. The third-order valence-electron chi connectivity index (χ3n) is 3.01. The van der Waals surface area contributed by atoms with Gasteiger partial charge in [0, 0.05) is 36.7 Å². The van der Waals surface area contributed by atoms with Crippen molar-refractivity contribution in [3.63, 3.8) is 0 Å². The van der Waals surface area contributed by atoms with Crippen molar-refractivity contribution in [1.29, 1.82) is 0 Å². The molecule has 5 nitrogen and oxygen atoms in total. The number of aromatic nitrogens is 4. The molecule has 0 aliphatic rings. The lowest BCUT2D eigenvalue weighted by atomic mass is 10.2. The normalized spacial score (nSPS) is 11.0. The fraction of sp³-hybridized carbons (Fsp3) is 0.500. The van der Waals surface area contributed by atoms with Crippen LogP contribution in [0.5, 0.6) is 0 Å². The van der Waals surface area contributed by atoms with Crippen LogP contribution in [0.3, 0.4) is 0 Å². The molecule has 2 aromatic rings. The Morgan fingerprint density at radius 3 is 2.76 bits per heavy atom. The first-order chi connectivity index (χ1) is 8.22. The smallest absolute Gasteiger partial charge is 0.0946 e. The molecule has 1 N–H and O–H groups in total. The molecule has 17 heavy (non-hydrogen) atoms. The van der Waals surface area contributed by atoms with Gasteiger partial charge in [0.05, 0.1) is 18.6 Å². The van der Waals surface area contributed by atoms with Crippen LogP contribution >= 0.6 is 0 Å². The first-order valence-corrected chi connectivity index (χ1v) is 5.85. The van der Waals surface area contributed by atoms with Crippen LogP contribution in [0.15, 0.2) is 18.7 Å². The largest absolute Gasteiger partial charge is 0.336 e. The molecule has 2 rings (SSSR count). The van der Waals surface area contributed by atoms with Crippen LogP contribution < -0.4 is 5.32 Å². The van der Waals surface area contributed by atoms with Gasteiger partial charge >= 0.3 is 0 Å². The van der Waals surface area contributed by atoms with Gasteiger partial charge in [-0.05, 0) is 20.9 Å². The Hall–Kier alpha value is -1.62. The SMILES string of the molecule is CNCc1c(C)nn(CCn2ccnc2)c1C. The molecule has 5 heteroatoms.